The van der Waals surface area contributed by atoms with E-state index in [9.17, 15) is 8.42 Å². The normalized spacial score (nSPS) is 12.0. The van der Waals surface area contributed by atoms with Crippen molar-refractivity contribution in [2.45, 2.75) is 18.7 Å². The van der Waals surface area contributed by atoms with Crippen LogP contribution in [0.1, 0.15) is 11.1 Å². The second-order valence-electron chi connectivity index (χ2n) is 5.43. The van der Waals surface area contributed by atoms with Crippen LogP contribution in [0, 0.1) is 13.8 Å². The number of sulfonamides is 1. The Kier molecular flexibility index (Phi) is 3.63. The fraction of sp³-hybridized carbons (Fsp3) is 0.111. The van der Waals surface area contributed by atoms with E-state index in [-0.39, 0.29) is 4.90 Å². The second-order valence-corrected chi connectivity index (χ2v) is 7.01. The largest absolute Gasteiger partial charge is 0.275 e. The maximum atomic E-state index is 12.8. The average molecular weight is 327 g/mol. The zero-order valence-electron chi connectivity index (χ0n) is 14.0. The van der Waals surface area contributed by atoms with Gasteiger partial charge in [-0.15, -0.1) is 0 Å². The number of hydrogen-bond donors (Lipinski definition) is 1. The number of benzene rings is 2. The van der Waals surface area contributed by atoms with Gasteiger partial charge in [0.1, 0.15) is 0 Å². The van der Waals surface area contributed by atoms with Crippen molar-refractivity contribution in [1.82, 2.24) is 4.68 Å². The van der Waals surface area contributed by atoms with Crippen molar-refractivity contribution in [2.24, 2.45) is 0 Å². The molecule has 0 radical (unpaired) electrons. The molecule has 1 heterocycles. The molecule has 4 nitrogen and oxygen atoms in total. The van der Waals surface area contributed by atoms with Crippen molar-refractivity contribution in [1.29, 1.82) is 0 Å². The molecule has 23 heavy (non-hydrogen) atoms. The third-order valence-corrected chi connectivity index (χ3v) is 4.89. The van der Waals surface area contributed by atoms with E-state index in [0.717, 1.165) is 16.7 Å². The lowest BCUT2D eigenvalue weighted by molar-refractivity contribution is 0.595. The molecule has 2 aromatic carbocycles. The molecule has 0 amide bonds. The van der Waals surface area contributed by atoms with Gasteiger partial charge in [-0.05, 0) is 37.6 Å². The van der Waals surface area contributed by atoms with Crippen LogP contribution in [0.4, 0.5) is 0 Å². The molecule has 0 aliphatic heterocycles. The van der Waals surface area contributed by atoms with Gasteiger partial charge in [0.15, 0.2) is 0 Å². The number of aromatic nitrogens is 1. The summed E-state index contributed by atoms with van der Waals surface area (Å²) in [6.07, 6.45) is 1.59. The Hall–Kier alpha value is -2.53. The summed E-state index contributed by atoms with van der Waals surface area (Å²) in [5, 5.41) is 0. The second kappa shape index (κ2) is 5.93. The molecule has 0 fully saturated rings. The molecule has 0 saturated carbocycles. The Labute approximate surface area is 137 Å². The van der Waals surface area contributed by atoms with Crippen LogP contribution in [0.3, 0.4) is 0 Å². The lowest BCUT2D eigenvalue weighted by atomic mass is 10.1. The molecule has 0 aliphatic carbocycles. The topological polar surface area (TPSA) is 51.1 Å². The van der Waals surface area contributed by atoms with Gasteiger partial charge in [0.2, 0.25) is 1.41 Å². The van der Waals surface area contributed by atoms with Crippen LogP contribution in [0.25, 0.3) is 11.3 Å². The fourth-order valence-electron chi connectivity index (χ4n) is 2.41. The van der Waals surface area contributed by atoms with E-state index in [2.05, 4.69) is 0 Å². The van der Waals surface area contributed by atoms with Crippen molar-refractivity contribution in [3.8, 4) is 11.3 Å². The molecular weight excluding hydrogens is 308 g/mol. The highest BCUT2D eigenvalue weighted by Gasteiger charge is 2.17. The van der Waals surface area contributed by atoms with Gasteiger partial charge < -0.3 is 0 Å². The van der Waals surface area contributed by atoms with Gasteiger partial charge in [-0.1, -0.05) is 48.0 Å². The number of nitrogens with one attached hydrogen (secondary N) is 1. The molecule has 0 bridgehead atoms. The standard InChI is InChI=1S/C18H18N2O2S/c1-14-8-10-17(11-9-14)23(21,22)19-20-13-12-15(2)18(20)16-6-4-3-5-7-16/h3-13,19H,1-2H3/i/hD. The first kappa shape index (κ1) is 14.1. The molecule has 0 unspecified atom stereocenters. The summed E-state index contributed by atoms with van der Waals surface area (Å²) in [5.74, 6) is 0. The Balaban J connectivity index is 2.08. The minimum absolute atomic E-state index is 0.0912. The number of aryl methyl sites for hydroxylation is 2. The smallest absolute Gasteiger partial charge is 0.253 e. The van der Waals surface area contributed by atoms with Crippen molar-refractivity contribution in [3.05, 3.63) is 78.0 Å². The highest BCUT2D eigenvalue weighted by atomic mass is 32.2. The van der Waals surface area contributed by atoms with Gasteiger partial charge >= 0.3 is 0 Å². The predicted molar refractivity (Wildman–Crippen MR) is 92.3 cm³/mol. The summed E-state index contributed by atoms with van der Waals surface area (Å²) in [7, 11) is -3.96. The van der Waals surface area contributed by atoms with Crippen LogP contribution in [0.2, 0.25) is 1.41 Å². The molecule has 3 aromatic rings. The lowest BCUT2D eigenvalue weighted by Crippen LogP contribution is -2.23. The summed E-state index contributed by atoms with van der Waals surface area (Å²) in [6.45, 7) is 3.78. The molecule has 3 rings (SSSR count). The third kappa shape index (κ3) is 3.14. The molecule has 0 atom stereocenters. The minimum atomic E-state index is -3.96. The van der Waals surface area contributed by atoms with Crippen molar-refractivity contribution in [3.63, 3.8) is 0 Å². The van der Waals surface area contributed by atoms with E-state index in [1.165, 1.54) is 16.8 Å². The van der Waals surface area contributed by atoms with Gasteiger partial charge in [0.25, 0.3) is 10.0 Å². The molecule has 1 N–H and O–H groups in total. The minimum Gasteiger partial charge on any atom is -0.253 e. The van der Waals surface area contributed by atoms with Crippen LogP contribution in [0.15, 0.2) is 71.8 Å². The Morgan fingerprint density at radius 2 is 1.61 bits per heavy atom. The van der Waals surface area contributed by atoms with Crippen molar-refractivity contribution < 1.29 is 9.83 Å². The highest BCUT2D eigenvalue weighted by Crippen LogP contribution is 2.24. The Bertz CT molecular complexity index is 948. The van der Waals surface area contributed by atoms with E-state index in [1.54, 1.807) is 24.4 Å². The fourth-order valence-corrected chi connectivity index (χ4v) is 3.36. The van der Waals surface area contributed by atoms with Crippen LogP contribution in [0.5, 0.6) is 0 Å². The van der Waals surface area contributed by atoms with Gasteiger partial charge in [-0.3, -0.25) is 4.68 Å². The quantitative estimate of drug-likeness (QED) is 0.794. The molecule has 118 valence electrons. The number of rotatable bonds is 4. The van der Waals surface area contributed by atoms with Gasteiger partial charge in [-0.25, -0.2) is 4.82 Å². The van der Waals surface area contributed by atoms with E-state index >= 15 is 0 Å². The summed E-state index contributed by atoms with van der Waals surface area (Å²) >= 11 is 0. The SMILES string of the molecule is [2H]N(n1ccc(C)c1-c1ccccc1)S(=O)(=O)c1ccc(C)cc1. The monoisotopic (exact) mass is 327 g/mol. The summed E-state index contributed by atoms with van der Waals surface area (Å²) < 4.78 is 35.1. The number of hydrogen-bond acceptors (Lipinski definition) is 2. The summed E-state index contributed by atoms with van der Waals surface area (Å²) in [5.41, 5.74) is 3.41. The third-order valence-electron chi connectivity index (χ3n) is 3.63. The Morgan fingerprint density at radius 3 is 2.26 bits per heavy atom. The van der Waals surface area contributed by atoms with E-state index in [4.69, 9.17) is 1.41 Å². The van der Waals surface area contributed by atoms with Gasteiger partial charge in [0, 0.05) is 11.8 Å². The molecule has 0 saturated heterocycles. The highest BCUT2D eigenvalue weighted by molar-refractivity contribution is 7.92. The van der Waals surface area contributed by atoms with Crippen LogP contribution < -0.4 is 4.82 Å². The molecule has 0 aliphatic rings. The average Bonchev–Trinajstić information content (AvgIpc) is 2.96. The van der Waals surface area contributed by atoms with E-state index in [1.807, 2.05) is 44.2 Å². The maximum absolute atomic E-state index is 12.8. The van der Waals surface area contributed by atoms with E-state index < -0.39 is 10.0 Å². The molecular formula is C18H18N2O2S. The molecule has 0 spiro atoms. The zero-order chi connectivity index (χ0) is 17.3. The Morgan fingerprint density at radius 1 is 0.957 bits per heavy atom. The van der Waals surface area contributed by atoms with Crippen molar-refractivity contribution >= 4 is 10.0 Å². The zero-order valence-corrected chi connectivity index (χ0v) is 13.8. The number of nitrogens with zero attached hydrogens (tertiary/aromatic N) is 1. The van der Waals surface area contributed by atoms with E-state index in [0.29, 0.717) is 10.5 Å². The first-order valence-electron chi connectivity index (χ1n) is 7.70. The first-order valence-corrected chi connectivity index (χ1v) is 8.70. The maximum Gasteiger partial charge on any atom is 0.275 e. The van der Waals surface area contributed by atoms with Gasteiger partial charge in [0.05, 0.1) is 10.6 Å². The summed E-state index contributed by atoms with van der Waals surface area (Å²) in [4.78, 5) is 0.626. The predicted octanol–water partition coefficient (Wildman–Crippen LogP) is 3.70. The molecule has 5 heteroatoms. The van der Waals surface area contributed by atoms with Crippen LogP contribution >= 0.6 is 0 Å². The lowest BCUT2D eigenvalue weighted by Gasteiger charge is -2.14. The molecule has 1 aromatic heterocycles. The van der Waals surface area contributed by atoms with Crippen LogP contribution in [-0.2, 0) is 10.0 Å². The first-order chi connectivity index (χ1) is 11.4. The van der Waals surface area contributed by atoms with Crippen LogP contribution in [-0.4, -0.2) is 13.1 Å². The van der Waals surface area contributed by atoms with Gasteiger partial charge in [-0.2, -0.15) is 8.42 Å². The summed E-state index contributed by atoms with van der Waals surface area (Å²) in [6, 6.07) is 17.7. The van der Waals surface area contributed by atoms with Crippen molar-refractivity contribution in [2.75, 3.05) is 4.82 Å².